The van der Waals surface area contributed by atoms with Crippen LogP contribution in [0.15, 0.2) is 16.8 Å². The first-order valence-electron chi connectivity index (χ1n) is 7.01. The van der Waals surface area contributed by atoms with Crippen molar-refractivity contribution in [1.82, 2.24) is 4.90 Å². The van der Waals surface area contributed by atoms with Crippen LogP contribution >= 0.6 is 11.3 Å². The van der Waals surface area contributed by atoms with E-state index in [4.69, 9.17) is 0 Å². The fourth-order valence-corrected chi connectivity index (χ4v) is 3.84. The van der Waals surface area contributed by atoms with Gasteiger partial charge in [0.2, 0.25) is 5.91 Å². The van der Waals surface area contributed by atoms with E-state index in [1.807, 2.05) is 6.92 Å². The normalized spacial score (nSPS) is 23.7. The first kappa shape index (κ1) is 12.2. The number of hydrogen-bond donors (Lipinski definition) is 0. The topological polar surface area (TPSA) is 20.3 Å². The lowest BCUT2D eigenvalue weighted by molar-refractivity contribution is -0.132. The highest BCUT2D eigenvalue weighted by Gasteiger charge is 2.43. The predicted molar refractivity (Wildman–Crippen MR) is 74.8 cm³/mol. The van der Waals surface area contributed by atoms with Crippen molar-refractivity contribution < 1.29 is 4.79 Å². The molecule has 1 saturated heterocycles. The van der Waals surface area contributed by atoms with Crippen LogP contribution in [0.1, 0.15) is 50.5 Å². The molecular formula is C15H21NOS. The standard InChI is InChI=1S/C15H21NOS/c1-12(13-3-10-18-11-13)14(17)16-8-2-4-15(5-6-15)7-9-16/h3,10-12H,2,4-9H2,1H3. The van der Waals surface area contributed by atoms with Gasteiger partial charge in [0.1, 0.15) is 0 Å². The Kier molecular flexibility index (Phi) is 3.18. The van der Waals surface area contributed by atoms with Crippen molar-refractivity contribution in [1.29, 1.82) is 0 Å². The summed E-state index contributed by atoms with van der Waals surface area (Å²) in [6, 6.07) is 2.08. The third-order valence-corrected chi connectivity index (χ3v) is 5.43. The molecule has 2 heterocycles. The lowest BCUT2D eigenvalue weighted by Crippen LogP contribution is -2.35. The van der Waals surface area contributed by atoms with Crippen LogP contribution in [0.2, 0.25) is 0 Å². The average molecular weight is 263 g/mol. The van der Waals surface area contributed by atoms with Crippen molar-refractivity contribution >= 4 is 17.2 Å². The van der Waals surface area contributed by atoms with E-state index in [0.29, 0.717) is 11.3 Å². The molecule has 2 aliphatic rings. The molecule has 0 aromatic carbocycles. The number of likely N-dealkylation sites (tertiary alicyclic amines) is 1. The van der Waals surface area contributed by atoms with Crippen molar-refractivity contribution in [2.24, 2.45) is 5.41 Å². The highest BCUT2D eigenvalue weighted by Crippen LogP contribution is 2.53. The van der Waals surface area contributed by atoms with Crippen molar-refractivity contribution in [2.45, 2.75) is 44.9 Å². The first-order chi connectivity index (χ1) is 8.70. The quantitative estimate of drug-likeness (QED) is 0.797. The zero-order valence-electron chi connectivity index (χ0n) is 11.0. The van der Waals surface area contributed by atoms with E-state index < -0.39 is 0 Å². The summed E-state index contributed by atoms with van der Waals surface area (Å²) in [5.41, 5.74) is 1.82. The average Bonchev–Trinajstić information content (AvgIpc) is 3.01. The second kappa shape index (κ2) is 4.69. The number of nitrogens with zero attached hydrogens (tertiary/aromatic N) is 1. The Morgan fingerprint density at radius 1 is 1.33 bits per heavy atom. The second-order valence-electron chi connectivity index (χ2n) is 5.96. The van der Waals surface area contributed by atoms with Crippen LogP contribution in [-0.2, 0) is 4.79 Å². The minimum Gasteiger partial charge on any atom is -0.342 e. The van der Waals surface area contributed by atoms with E-state index in [0.717, 1.165) is 13.1 Å². The van der Waals surface area contributed by atoms with E-state index in [-0.39, 0.29) is 5.92 Å². The van der Waals surface area contributed by atoms with Gasteiger partial charge in [0.05, 0.1) is 5.92 Å². The molecule has 1 atom stereocenters. The molecule has 0 N–H and O–H groups in total. The third-order valence-electron chi connectivity index (χ3n) is 4.73. The number of rotatable bonds is 2. The van der Waals surface area contributed by atoms with Gasteiger partial charge in [-0.25, -0.2) is 0 Å². The van der Waals surface area contributed by atoms with Gasteiger partial charge in [0, 0.05) is 13.1 Å². The van der Waals surface area contributed by atoms with Gasteiger partial charge in [-0.3, -0.25) is 4.79 Å². The molecule has 1 spiro atoms. The van der Waals surface area contributed by atoms with Crippen LogP contribution < -0.4 is 0 Å². The van der Waals surface area contributed by atoms with Gasteiger partial charge in [-0.15, -0.1) is 0 Å². The Morgan fingerprint density at radius 3 is 2.83 bits per heavy atom. The zero-order chi connectivity index (χ0) is 12.6. The SMILES string of the molecule is CC(C(=O)N1CCCC2(CC1)CC2)c1ccsc1. The van der Waals surface area contributed by atoms with Crippen LogP contribution in [0.3, 0.4) is 0 Å². The number of carbonyl (C=O) groups excluding carboxylic acids is 1. The smallest absolute Gasteiger partial charge is 0.229 e. The maximum atomic E-state index is 12.5. The molecule has 1 aliphatic heterocycles. The van der Waals surface area contributed by atoms with E-state index in [1.165, 1.54) is 37.7 Å². The Balaban J connectivity index is 1.65. The fourth-order valence-electron chi connectivity index (χ4n) is 3.09. The Labute approximate surface area is 113 Å². The van der Waals surface area contributed by atoms with E-state index in [9.17, 15) is 4.79 Å². The molecule has 2 fully saturated rings. The van der Waals surface area contributed by atoms with Gasteiger partial charge in [0.25, 0.3) is 0 Å². The molecule has 1 aromatic rings. The summed E-state index contributed by atoms with van der Waals surface area (Å²) in [5.74, 6) is 0.357. The molecule has 1 aliphatic carbocycles. The molecule has 1 amide bonds. The molecular weight excluding hydrogens is 242 g/mol. The molecule has 1 saturated carbocycles. The highest BCUT2D eigenvalue weighted by atomic mass is 32.1. The zero-order valence-corrected chi connectivity index (χ0v) is 11.8. The maximum absolute atomic E-state index is 12.5. The fraction of sp³-hybridized carbons (Fsp3) is 0.667. The van der Waals surface area contributed by atoms with Gasteiger partial charge >= 0.3 is 0 Å². The Morgan fingerprint density at radius 2 is 2.17 bits per heavy atom. The van der Waals surface area contributed by atoms with Crippen molar-refractivity contribution in [2.75, 3.05) is 13.1 Å². The summed E-state index contributed by atoms with van der Waals surface area (Å²) < 4.78 is 0. The summed E-state index contributed by atoms with van der Waals surface area (Å²) in [6.45, 7) is 3.99. The van der Waals surface area contributed by atoms with E-state index >= 15 is 0 Å². The number of amides is 1. The van der Waals surface area contributed by atoms with Gasteiger partial charge in [-0.05, 0) is 66.8 Å². The molecule has 3 heteroatoms. The monoisotopic (exact) mass is 263 g/mol. The van der Waals surface area contributed by atoms with Crippen LogP contribution in [0.25, 0.3) is 0 Å². The Bertz CT molecular complexity index is 422. The van der Waals surface area contributed by atoms with Crippen LogP contribution in [0, 0.1) is 5.41 Å². The Hall–Kier alpha value is -0.830. The number of hydrogen-bond acceptors (Lipinski definition) is 2. The first-order valence-corrected chi connectivity index (χ1v) is 7.95. The van der Waals surface area contributed by atoms with Gasteiger partial charge < -0.3 is 4.90 Å². The molecule has 98 valence electrons. The van der Waals surface area contributed by atoms with Crippen molar-refractivity contribution in [3.63, 3.8) is 0 Å². The molecule has 2 nitrogen and oxygen atoms in total. The summed E-state index contributed by atoms with van der Waals surface area (Å²) in [6.07, 6.45) is 6.56. The number of carbonyl (C=O) groups is 1. The van der Waals surface area contributed by atoms with E-state index in [2.05, 4.69) is 21.7 Å². The van der Waals surface area contributed by atoms with Gasteiger partial charge in [-0.1, -0.05) is 0 Å². The van der Waals surface area contributed by atoms with Gasteiger partial charge in [-0.2, -0.15) is 11.3 Å². The molecule has 1 unspecified atom stereocenters. The molecule has 0 radical (unpaired) electrons. The van der Waals surface area contributed by atoms with Crippen LogP contribution in [-0.4, -0.2) is 23.9 Å². The second-order valence-corrected chi connectivity index (χ2v) is 6.74. The highest BCUT2D eigenvalue weighted by molar-refractivity contribution is 7.08. The minimum absolute atomic E-state index is 0.0319. The summed E-state index contributed by atoms with van der Waals surface area (Å²) in [5, 5.41) is 4.16. The molecule has 3 rings (SSSR count). The summed E-state index contributed by atoms with van der Waals surface area (Å²) in [4.78, 5) is 14.6. The van der Waals surface area contributed by atoms with E-state index in [1.54, 1.807) is 11.3 Å². The maximum Gasteiger partial charge on any atom is 0.229 e. The minimum atomic E-state index is 0.0319. The predicted octanol–water partition coefficient (Wildman–Crippen LogP) is 3.64. The summed E-state index contributed by atoms with van der Waals surface area (Å²) >= 11 is 1.68. The van der Waals surface area contributed by atoms with Crippen molar-refractivity contribution in [3.05, 3.63) is 22.4 Å². The lowest BCUT2D eigenvalue weighted by atomic mass is 9.98. The van der Waals surface area contributed by atoms with Gasteiger partial charge in [0.15, 0.2) is 0 Å². The van der Waals surface area contributed by atoms with Crippen molar-refractivity contribution in [3.8, 4) is 0 Å². The third kappa shape index (κ3) is 2.33. The van der Waals surface area contributed by atoms with Crippen LogP contribution in [0.4, 0.5) is 0 Å². The molecule has 18 heavy (non-hydrogen) atoms. The lowest BCUT2D eigenvalue weighted by Gasteiger charge is -2.24. The largest absolute Gasteiger partial charge is 0.342 e. The van der Waals surface area contributed by atoms with Crippen LogP contribution in [0.5, 0.6) is 0 Å². The molecule has 1 aromatic heterocycles. The summed E-state index contributed by atoms with van der Waals surface area (Å²) in [7, 11) is 0. The molecule has 0 bridgehead atoms. The number of thiophene rings is 1.